The average molecular weight is 210 g/mol. The molecule has 0 aliphatic carbocycles. The van der Waals surface area contributed by atoms with Gasteiger partial charge in [0.1, 0.15) is 5.75 Å². The number of anilines is 2. The number of hydrogen-bond donors (Lipinski definition) is 2. The van der Waals surface area contributed by atoms with E-state index in [0.29, 0.717) is 0 Å². The molecule has 0 atom stereocenters. The third-order valence-corrected chi connectivity index (χ3v) is 2.55. The first-order valence-corrected chi connectivity index (χ1v) is 5.06. The van der Waals surface area contributed by atoms with Crippen molar-refractivity contribution < 1.29 is 5.11 Å². The molecule has 2 N–H and O–H groups in total. The molecule has 1 aliphatic heterocycles. The summed E-state index contributed by atoms with van der Waals surface area (Å²) in [6, 6.07) is 13.0. The van der Waals surface area contributed by atoms with Gasteiger partial charge in [-0.05, 0) is 30.3 Å². The number of aliphatic imine (C=N–C) groups is 1. The molecule has 0 spiro atoms. The number of phenols is 1. The highest BCUT2D eigenvalue weighted by molar-refractivity contribution is 5.95. The van der Waals surface area contributed by atoms with Crippen molar-refractivity contribution in [3.05, 3.63) is 48.0 Å². The number of nitrogens with zero attached hydrogens (tertiary/aromatic N) is 1. The summed E-state index contributed by atoms with van der Waals surface area (Å²) < 4.78 is 0. The molecule has 0 amide bonds. The van der Waals surface area contributed by atoms with Gasteiger partial charge in [-0.3, -0.25) is 4.99 Å². The minimum absolute atomic E-state index is 0.248. The first kappa shape index (κ1) is 8.97. The minimum atomic E-state index is 0.248. The van der Waals surface area contributed by atoms with Crippen molar-refractivity contribution in [1.29, 1.82) is 0 Å². The second-order valence-corrected chi connectivity index (χ2v) is 3.67. The highest BCUT2D eigenvalue weighted by Gasteiger charge is 2.08. The van der Waals surface area contributed by atoms with Gasteiger partial charge in [0.2, 0.25) is 0 Å². The van der Waals surface area contributed by atoms with Crippen LogP contribution in [0.25, 0.3) is 0 Å². The number of para-hydroxylation sites is 2. The quantitative estimate of drug-likeness (QED) is 0.559. The van der Waals surface area contributed by atoms with Crippen LogP contribution in [0.4, 0.5) is 17.1 Å². The van der Waals surface area contributed by atoms with Crippen molar-refractivity contribution in [2.75, 3.05) is 5.32 Å². The molecular formula is C13H10N2O. The monoisotopic (exact) mass is 210 g/mol. The van der Waals surface area contributed by atoms with E-state index in [2.05, 4.69) is 10.3 Å². The van der Waals surface area contributed by atoms with Crippen LogP contribution in [0.15, 0.2) is 47.5 Å². The van der Waals surface area contributed by atoms with E-state index in [1.54, 1.807) is 18.3 Å². The molecule has 0 radical (unpaired) electrons. The predicted molar refractivity (Wildman–Crippen MR) is 65.1 cm³/mol. The summed E-state index contributed by atoms with van der Waals surface area (Å²) in [6.07, 6.45) is 1.76. The molecule has 3 nitrogen and oxygen atoms in total. The van der Waals surface area contributed by atoms with Crippen LogP contribution in [0.1, 0.15) is 5.56 Å². The topological polar surface area (TPSA) is 44.6 Å². The van der Waals surface area contributed by atoms with Crippen LogP contribution >= 0.6 is 0 Å². The number of nitrogens with one attached hydrogen (secondary N) is 1. The molecule has 1 aliphatic rings. The van der Waals surface area contributed by atoms with Crippen molar-refractivity contribution in [3.8, 4) is 5.75 Å². The first-order chi connectivity index (χ1) is 7.83. The number of rotatable bonds is 0. The Hall–Kier alpha value is -2.29. The van der Waals surface area contributed by atoms with Crippen LogP contribution in [0.2, 0.25) is 0 Å². The maximum absolute atomic E-state index is 9.41. The fourth-order valence-corrected chi connectivity index (χ4v) is 1.75. The molecule has 0 saturated heterocycles. The summed E-state index contributed by atoms with van der Waals surface area (Å²) in [5.41, 5.74) is 3.71. The van der Waals surface area contributed by atoms with E-state index in [0.717, 1.165) is 22.6 Å². The molecule has 3 rings (SSSR count). The molecule has 2 aromatic carbocycles. The minimum Gasteiger partial charge on any atom is -0.508 e. The van der Waals surface area contributed by atoms with Crippen LogP contribution < -0.4 is 5.32 Å². The van der Waals surface area contributed by atoms with Crippen molar-refractivity contribution in [2.45, 2.75) is 0 Å². The summed E-state index contributed by atoms with van der Waals surface area (Å²) in [6.45, 7) is 0. The molecule has 1 heterocycles. The lowest BCUT2D eigenvalue weighted by Crippen LogP contribution is -1.92. The van der Waals surface area contributed by atoms with Gasteiger partial charge in [0, 0.05) is 17.5 Å². The number of phenolic OH excluding ortho intramolecular Hbond substituents is 1. The van der Waals surface area contributed by atoms with Gasteiger partial charge in [-0.1, -0.05) is 12.1 Å². The zero-order valence-corrected chi connectivity index (χ0v) is 8.51. The molecule has 0 fully saturated rings. The maximum atomic E-state index is 9.41. The van der Waals surface area contributed by atoms with Gasteiger partial charge in [-0.15, -0.1) is 0 Å². The third kappa shape index (κ3) is 1.42. The summed E-state index contributed by atoms with van der Waals surface area (Å²) in [4.78, 5) is 4.37. The van der Waals surface area contributed by atoms with Crippen LogP contribution in [-0.2, 0) is 0 Å². The summed E-state index contributed by atoms with van der Waals surface area (Å²) in [7, 11) is 0. The largest absolute Gasteiger partial charge is 0.508 e. The summed E-state index contributed by atoms with van der Waals surface area (Å²) >= 11 is 0. The Morgan fingerprint density at radius 3 is 2.81 bits per heavy atom. The molecule has 0 bridgehead atoms. The maximum Gasteiger partial charge on any atom is 0.116 e. The lowest BCUT2D eigenvalue weighted by Gasteiger charge is -2.08. The molecular weight excluding hydrogens is 200 g/mol. The SMILES string of the molecule is Oc1ccc2c(c1)C=Nc1ccccc1N2. The Morgan fingerprint density at radius 1 is 1.00 bits per heavy atom. The molecule has 0 unspecified atom stereocenters. The highest BCUT2D eigenvalue weighted by Crippen LogP contribution is 2.32. The Labute approximate surface area is 93.1 Å². The zero-order valence-electron chi connectivity index (χ0n) is 8.51. The van der Waals surface area contributed by atoms with Gasteiger partial charge < -0.3 is 10.4 Å². The standard InChI is InChI=1S/C13H10N2O/c16-10-5-6-11-9(7-10)8-14-12-3-1-2-4-13(12)15-11/h1-8,15-16H. The van der Waals surface area contributed by atoms with Crippen LogP contribution in [-0.4, -0.2) is 11.3 Å². The van der Waals surface area contributed by atoms with E-state index >= 15 is 0 Å². The van der Waals surface area contributed by atoms with E-state index in [9.17, 15) is 5.11 Å². The lowest BCUT2D eigenvalue weighted by molar-refractivity contribution is 0.475. The Balaban J connectivity index is 2.17. The van der Waals surface area contributed by atoms with Crippen LogP contribution in [0, 0.1) is 0 Å². The van der Waals surface area contributed by atoms with Crippen molar-refractivity contribution in [1.82, 2.24) is 0 Å². The number of hydrogen-bond acceptors (Lipinski definition) is 3. The average Bonchev–Trinajstić information content (AvgIpc) is 2.48. The highest BCUT2D eigenvalue weighted by atomic mass is 16.3. The van der Waals surface area contributed by atoms with Crippen molar-refractivity contribution >= 4 is 23.3 Å². The molecule has 16 heavy (non-hydrogen) atoms. The lowest BCUT2D eigenvalue weighted by atomic mass is 10.2. The number of fused-ring (bicyclic) bond motifs is 2. The van der Waals surface area contributed by atoms with Gasteiger partial charge in [0.25, 0.3) is 0 Å². The van der Waals surface area contributed by atoms with Gasteiger partial charge >= 0.3 is 0 Å². The Morgan fingerprint density at radius 2 is 1.88 bits per heavy atom. The Bertz CT molecular complexity index is 576. The van der Waals surface area contributed by atoms with E-state index in [-0.39, 0.29) is 5.75 Å². The van der Waals surface area contributed by atoms with Gasteiger partial charge in [-0.2, -0.15) is 0 Å². The van der Waals surface area contributed by atoms with Gasteiger partial charge in [0.05, 0.1) is 11.4 Å². The van der Waals surface area contributed by atoms with Gasteiger partial charge in [-0.25, -0.2) is 0 Å². The second kappa shape index (κ2) is 3.38. The van der Waals surface area contributed by atoms with E-state index in [4.69, 9.17) is 0 Å². The third-order valence-electron chi connectivity index (χ3n) is 2.55. The number of aromatic hydroxyl groups is 1. The van der Waals surface area contributed by atoms with Crippen LogP contribution in [0.5, 0.6) is 5.75 Å². The van der Waals surface area contributed by atoms with Gasteiger partial charge in [0.15, 0.2) is 0 Å². The van der Waals surface area contributed by atoms with Crippen molar-refractivity contribution in [3.63, 3.8) is 0 Å². The van der Waals surface area contributed by atoms with E-state index in [1.807, 2.05) is 30.3 Å². The molecule has 3 heteroatoms. The summed E-state index contributed by atoms with van der Waals surface area (Å²) in [5, 5.41) is 12.7. The first-order valence-electron chi connectivity index (χ1n) is 5.06. The fraction of sp³-hybridized carbons (Fsp3) is 0. The number of benzene rings is 2. The normalized spacial score (nSPS) is 12.2. The summed E-state index contributed by atoms with van der Waals surface area (Å²) in [5.74, 6) is 0.248. The fourth-order valence-electron chi connectivity index (χ4n) is 1.75. The second-order valence-electron chi connectivity index (χ2n) is 3.67. The molecule has 0 saturated carbocycles. The smallest absolute Gasteiger partial charge is 0.116 e. The van der Waals surface area contributed by atoms with E-state index in [1.165, 1.54) is 0 Å². The van der Waals surface area contributed by atoms with Crippen LogP contribution in [0.3, 0.4) is 0 Å². The molecule has 2 aromatic rings. The zero-order chi connectivity index (χ0) is 11.0. The molecule has 0 aromatic heterocycles. The Kier molecular flexibility index (Phi) is 1.90. The molecule has 78 valence electrons. The van der Waals surface area contributed by atoms with Crippen molar-refractivity contribution in [2.24, 2.45) is 4.99 Å². The predicted octanol–water partition coefficient (Wildman–Crippen LogP) is 3.20. The van der Waals surface area contributed by atoms with E-state index < -0.39 is 0 Å².